The van der Waals surface area contributed by atoms with Crippen molar-refractivity contribution >= 4 is 86.7 Å². The lowest BCUT2D eigenvalue weighted by Gasteiger charge is -2.14. The van der Waals surface area contributed by atoms with E-state index in [1.165, 1.54) is 10.1 Å². The number of nitrogens with zero attached hydrogens (tertiary/aromatic N) is 6. The fraction of sp³-hybridized carbons (Fsp3) is 0. The average molecular weight is 797 g/mol. The minimum absolute atomic E-state index is 0.558. The highest BCUT2D eigenvalue weighted by Gasteiger charge is 2.24. The summed E-state index contributed by atoms with van der Waals surface area (Å²) in [5, 5.41) is 10.0. The Morgan fingerprint density at radius 3 is 1.49 bits per heavy atom. The van der Waals surface area contributed by atoms with Crippen molar-refractivity contribution in [2.75, 3.05) is 0 Å². The molecule has 0 aliphatic heterocycles. The van der Waals surface area contributed by atoms with Crippen molar-refractivity contribution in [3.05, 3.63) is 194 Å². The van der Waals surface area contributed by atoms with Crippen LogP contribution in [0, 0.1) is 0 Å². The summed E-state index contributed by atoms with van der Waals surface area (Å²) in [7, 11) is 0. The lowest BCUT2D eigenvalue weighted by molar-refractivity contribution is 0.955. The van der Waals surface area contributed by atoms with Gasteiger partial charge in [0.05, 0.1) is 32.3 Å². The molecule has 7 heteroatoms. The highest BCUT2D eigenvalue weighted by Crippen LogP contribution is 2.42. The van der Waals surface area contributed by atoms with Crippen LogP contribution in [0.15, 0.2) is 194 Å². The van der Waals surface area contributed by atoms with Crippen LogP contribution < -0.4 is 0 Å². The van der Waals surface area contributed by atoms with E-state index in [9.17, 15) is 0 Å². The third-order valence-electron chi connectivity index (χ3n) is 12.0. The highest BCUT2D eigenvalue weighted by molar-refractivity contribution is 7.21. The van der Waals surface area contributed by atoms with Crippen LogP contribution in [-0.4, -0.2) is 29.1 Å². The second kappa shape index (κ2) is 13.3. The molecule has 0 saturated heterocycles. The summed E-state index contributed by atoms with van der Waals surface area (Å²) in [4.78, 5) is 21.2. The Labute approximate surface area is 353 Å². The third kappa shape index (κ3) is 5.21. The Hall–Kier alpha value is -8.00. The molecule has 9 aromatic carbocycles. The van der Waals surface area contributed by atoms with E-state index in [0.29, 0.717) is 17.6 Å². The first-order valence-electron chi connectivity index (χ1n) is 20.4. The van der Waals surface area contributed by atoms with Gasteiger partial charge in [-0.25, -0.2) is 9.97 Å². The molecule has 0 aliphatic carbocycles. The van der Waals surface area contributed by atoms with Gasteiger partial charge in [0.15, 0.2) is 11.6 Å². The van der Waals surface area contributed by atoms with Gasteiger partial charge in [0.25, 0.3) is 0 Å². The Morgan fingerprint density at radius 2 is 0.869 bits per heavy atom. The summed E-state index contributed by atoms with van der Waals surface area (Å²) in [5.41, 5.74) is 9.35. The van der Waals surface area contributed by atoms with E-state index in [1.807, 2.05) is 6.07 Å². The first-order chi connectivity index (χ1) is 30.2. The highest BCUT2D eigenvalue weighted by atomic mass is 32.1. The summed E-state index contributed by atoms with van der Waals surface area (Å²) in [6, 6.07) is 68.6. The number of benzene rings is 9. The predicted molar refractivity (Wildman–Crippen MR) is 253 cm³/mol. The molecule has 0 saturated carbocycles. The van der Waals surface area contributed by atoms with Crippen LogP contribution >= 0.6 is 11.3 Å². The number of rotatable bonds is 5. The van der Waals surface area contributed by atoms with Crippen molar-refractivity contribution in [3.63, 3.8) is 0 Å². The summed E-state index contributed by atoms with van der Waals surface area (Å²) < 4.78 is 5.86. The quantitative estimate of drug-likeness (QED) is 0.174. The molecule has 0 unspecified atom stereocenters. The standard InChI is InChI=1S/C54H32N6S/c1-3-17-37-33(13-1)15-11-21-43(37)51-56-52(44-22-12-16-34-14-2-4-18-38(34)44)58-54(57-51)60-47-25-9-6-20-40(47)42-32-31-41-39-19-5-8-24-46(39)59(49(41)50(42)60)36-29-27-35(28-30-36)53-55-45-23-7-10-26-48(45)61-53/h1-32H. The summed E-state index contributed by atoms with van der Waals surface area (Å²) in [6.45, 7) is 0. The molecule has 0 spiro atoms. The number of para-hydroxylation sites is 3. The van der Waals surface area contributed by atoms with Crippen LogP contribution in [0.2, 0.25) is 0 Å². The lowest BCUT2D eigenvalue weighted by Crippen LogP contribution is -2.07. The lowest BCUT2D eigenvalue weighted by atomic mass is 10.0. The molecule has 0 N–H and O–H groups in total. The van der Waals surface area contributed by atoms with Crippen molar-refractivity contribution in [2.24, 2.45) is 0 Å². The van der Waals surface area contributed by atoms with Crippen molar-refractivity contribution < 1.29 is 0 Å². The molecule has 6 nitrogen and oxygen atoms in total. The van der Waals surface area contributed by atoms with Crippen LogP contribution in [0.1, 0.15) is 0 Å². The van der Waals surface area contributed by atoms with Gasteiger partial charge in [0, 0.05) is 43.9 Å². The van der Waals surface area contributed by atoms with E-state index >= 15 is 0 Å². The van der Waals surface area contributed by atoms with Gasteiger partial charge in [0.1, 0.15) is 5.01 Å². The van der Waals surface area contributed by atoms with Gasteiger partial charge in [0.2, 0.25) is 5.95 Å². The summed E-state index contributed by atoms with van der Waals surface area (Å²) >= 11 is 1.72. The largest absolute Gasteiger partial charge is 0.307 e. The number of aromatic nitrogens is 6. The monoisotopic (exact) mass is 796 g/mol. The maximum atomic E-state index is 5.45. The molecule has 61 heavy (non-hydrogen) atoms. The number of fused-ring (bicyclic) bond motifs is 10. The zero-order valence-corrected chi connectivity index (χ0v) is 33.4. The Kier molecular flexibility index (Phi) is 7.37. The molecule has 0 amide bonds. The van der Waals surface area contributed by atoms with Gasteiger partial charge in [-0.1, -0.05) is 146 Å². The van der Waals surface area contributed by atoms with Crippen molar-refractivity contribution in [1.29, 1.82) is 0 Å². The van der Waals surface area contributed by atoms with Gasteiger partial charge < -0.3 is 4.57 Å². The van der Waals surface area contributed by atoms with Gasteiger partial charge in [-0.3, -0.25) is 4.57 Å². The SMILES string of the molecule is c1ccc2c(-c3nc(-c4cccc5ccccc45)nc(-n4c5ccccc5c5ccc6c7ccccc7n(-c7ccc(-c8nc9ccccc9s8)cc7)c6c54)n3)cccc2c1. The Balaban J connectivity index is 1.13. The molecule has 0 bridgehead atoms. The van der Waals surface area contributed by atoms with E-state index in [1.54, 1.807) is 11.3 Å². The number of hydrogen-bond donors (Lipinski definition) is 0. The molecular formula is C54H32N6S. The van der Waals surface area contributed by atoms with E-state index in [4.69, 9.17) is 19.9 Å². The summed E-state index contributed by atoms with van der Waals surface area (Å²) in [6.07, 6.45) is 0. The summed E-state index contributed by atoms with van der Waals surface area (Å²) in [5.74, 6) is 1.80. The van der Waals surface area contributed by atoms with E-state index in [2.05, 4.69) is 197 Å². The van der Waals surface area contributed by atoms with Crippen LogP contribution in [0.5, 0.6) is 0 Å². The van der Waals surface area contributed by atoms with Crippen molar-refractivity contribution in [3.8, 4) is 45.0 Å². The maximum absolute atomic E-state index is 5.45. The molecule has 4 heterocycles. The molecule has 13 rings (SSSR count). The first kappa shape index (κ1) is 33.9. The van der Waals surface area contributed by atoms with Gasteiger partial charge in [-0.15, -0.1) is 11.3 Å². The Morgan fingerprint density at radius 1 is 0.361 bits per heavy atom. The molecule has 284 valence electrons. The van der Waals surface area contributed by atoms with Gasteiger partial charge in [-0.05, 0) is 70.1 Å². The molecule has 0 atom stereocenters. The molecule has 0 aliphatic rings. The fourth-order valence-electron chi connectivity index (χ4n) is 9.27. The fourth-order valence-corrected chi connectivity index (χ4v) is 10.2. The topological polar surface area (TPSA) is 61.4 Å². The molecule has 0 radical (unpaired) electrons. The van der Waals surface area contributed by atoms with E-state index in [0.717, 1.165) is 92.7 Å². The molecule has 0 fully saturated rings. The van der Waals surface area contributed by atoms with Crippen molar-refractivity contribution in [2.45, 2.75) is 0 Å². The molecule has 4 aromatic heterocycles. The minimum atomic E-state index is 0.558. The van der Waals surface area contributed by atoms with Crippen LogP contribution in [0.4, 0.5) is 0 Å². The maximum Gasteiger partial charge on any atom is 0.238 e. The average Bonchev–Trinajstić information content (AvgIpc) is 4.02. The van der Waals surface area contributed by atoms with E-state index in [-0.39, 0.29) is 0 Å². The Bertz CT molecular complexity index is 3750. The zero-order valence-electron chi connectivity index (χ0n) is 32.6. The van der Waals surface area contributed by atoms with Crippen LogP contribution in [-0.2, 0) is 0 Å². The molecule has 13 aromatic rings. The first-order valence-corrected chi connectivity index (χ1v) is 21.2. The van der Waals surface area contributed by atoms with Crippen LogP contribution in [0.25, 0.3) is 120 Å². The van der Waals surface area contributed by atoms with E-state index < -0.39 is 0 Å². The van der Waals surface area contributed by atoms with Gasteiger partial charge >= 0.3 is 0 Å². The normalized spacial score (nSPS) is 11.9. The van der Waals surface area contributed by atoms with Gasteiger partial charge in [-0.2, -0.15) is 9.97 Å². The van der Waals surface area contributed by atoms with Crippen molar-refractivity contribution in [1.82, 2.24) is 29.1 Å². The predicted octanol–water partition coefficient (Wildman–Crippen LogP) is 14.0. The molecular weight excluding hydrogens is 765 g/mol. The smallest absolute Gasteiger partial charge is 0.238 e. The van der Waals surface area contributed by atoms with Crippen LogP contribution in [0.3, 0.4) is 0 Å². The minimum Gasteiger partial charge on any atom is -0.307 e. The number of hydrogen-bond acceptors (Lipinski definition) is 5. The second-order valence-corrected chi connectivity index (χ2v) is 16.5. The third-order valence-corrected chi connectivity index (χ3v) is 13.1. The zero-order chi connectivity index (χ0) is 40.0. The second-order valence-electron chi connectivity index (χ2n) is 15.4. The number of thiazole rings is 1.